The summed E-state index contributed by atoms with van der Waals surface area (Å²) in [6.45, 7) is 6.30. The number of carbonyl (C=O) groups is 2. The first-order valence-corrected chi connectivity index (χ1v) is 8.12. The number of amides is 2. The van der Waals surface area contributed by atoms with Gasteiger partial charge in [0.25, 0.3) is 0 Å². The van der Waals surface area contributed by atoms with Gasteiger partial charge in [-0.2, -0.15) is 0 Å². The number of nitrogens with zero attached hydrogens (tertiary/aromatic N) is 1. The summed E-state index contributed by atoms with van der Waals surface area (Å²) in [5.41, 5.74) is 0.236. The number of ether oxygens (including phenoxy) is 3. The third-order valence-electron chi connectivity index (χ3n) is 4.24. The molecular formula is C18H26N2O5. The van der Waals surface area contributed by atoms with Crippen LogP contribution in [-0.4, -0.2) is 50.1 Å². The van der Waals surface area contributed by atoms with Crippen molar-refractivity contribution in [2.24, 2.45) is 5.92 Å². The maximum absolute atomic E-state index is 12.6. The molecule has 1 aliphatic heterocycles. The molecule has 1 saturated heterocycles. The second-order valence-corrected chi connectivity index (χ2v) is 6.98. The van der Waals surface area contributed by atoms with E-state index in [1.807, 2.05) is 20.8 Å². The van der Waals surface area contributed by atoms with Crippen molar-refractivity contribution in [3.05, 3.63) is 12.1 Å². The van der Waals surface area contributed by atoms with E-state index in [4.69, 9.17) is 14.2 Å². The maximum atomic E-state index is 12.6. The van der Waals surface area contributed by atoms with E-state index in [-0.39, 0.29) is 29.7 Å². The van der Waals surface area contributed by atoms with E-state index in [9.17, 15) is 9.59 Å². The third-order valence-corrected chi connectivity index (χ3v) is 4.24. The topological polar surface area (TPSA) is 77.1 Å². The van der Waals surface area contributed by atoms with Crippen LogP contribution in [0, 0.1) is 5.92 Å². The van der Waals surface area contributed by atoms with Crippen LogP contribution in [-0.2, 0) is 9.59 Å². The summed E-state index contributed by atoms with van der Waals surface area (Å²) in [4.78, 5) is 26.5. The highest BCUT2D eigenvalue weighted by Gasteiger charge is 2.39. The molecule has 7 nitrogen and oxygen atoms in total. The molecule has 0 aromatic heterocycles. The predicted octanol–water partition coefficient (Wildman–Crippen LogP) is 2.30. The summed E-state index contributed by atoms with van der Waals surface area (Å²) in [5.74, 6) is 0.780. The molecule has 2 rings (SSSR count). The molecule has 0 radical (unpaired) electrons. The summed E-state index contributed by atoms with van der Waals surface area (Å²) in [6, 6.07) is 3.33. The lowest BCUT2D eigenvalue weighted by molar-refractivity contribution is -0.131. The minimum Gasteiger partial charge on any atom is -0.493 e. The van der Waals surface area contributed by atoms with Gasteiger partial charge >= 0.3 is 0 Å². The molecule has 1 aliphatic rings. The van der Waals surface area contributed by atoms with Crippen molar-refractivity contribution in [2.75, 3.05) is 33.2 Å². The van der Waals surface area contributed by atoms with Crippen molar-refractivity contribution in [1.82, 2.24) is 4.90 Å². The Kier molecular flexibility index (Phi) is 5.45. The quantitative estimate of drug-likeness (QED) is 0.882. The van der Waals surface area contributed by atoms with Crippen LogP contribution in [0.15, 0.2) is 12.1 Å². The number of likely N-dealkylation sites (tertiary alicyclic amines) is 1. The first kappa shape index (κ1) is 18.9. The van der Waals surface area contributed by atoms with E-state index < -0.39 is 0 Å². The second-order valence-electron chi connectivity index (χ2n) is 6.98. The molecule has 0 bridgehead atoms. The monoisotopic (exact) mass is 350 g/mol. The number of carbonyl (C=O) groups excluding carboxylic acids is 2. The Bertz CT molecular complexity index is 641. The largest absolute Gasteiger partial charge is 0.493 e. The summed E-state index contributed by atoms with van der Waals surface area (Å²) < 4.78 is 15.8. The van der Waals surface area contributed by atoms with Crippen LogP contribution < -0.4 is 19.5 Å². The molecule has 7 heteroatoms. The van der Waals surface area contributed by atoms with Gasteiger partial charge < -0.3 is 24.4 Å². The van der Waals surface area contributed by atoms with Gasteiger partial charge in [-0.1, -0.05) is 0 Å². The van der Waals surface area contributed by atoms with E-state index in [0.29, 0.717) is 29.5 Å². The van der Waals surface area contributed by atoms with Gasteiger partial charge in [0.15, 0.2) is 11.5 Å². The molecule has 0 unspecified atom stereocenters. The normalized spacial score (nSPS) is 17.4. The van der Waals surface area contributed by atoms with Crippen molar-refractivity contribution >= 4 is 17.5 Å². The Balaban J connectivity index is 2.17. The number of hydrogen-bond acceptors (Lipinski definition) is 5. The van der Waals surface area contributed by atoms with Crippen LogP contribution in [0.2, 0.25) is 0 Å². The number of benzene rings is 1. The van der Waals surface area contributed by atoms with Crippen LogP contribution in [0.5, 0.6) is 17.2 Å². The number of rotatable bonds is 5. The average Bonchev–Trinajstić information content (AvgIpc) is 2.96. The number of hydrogen-bond donors (Lipinski definition) is 1. The Hall–Kier alpha value is -2.44. The summed E-state index contributed by atoms with van der Waals surface area (Å²) >= 11 is 0. The number of nitrogens with one attached hydrogen (secondary N) is 1. The third kappa shape index (κ3) is 3.97. The fourth-order valence-corrected chi connectivity index (χ4v) is 2.93. The number of anilines is 1. The molecule has 1 aromatic carbocycles. The Labute approximate surface area is 148 Å². The molecule has 0 spiro atoms. The van der Waals surface area contributed by atoms with E-state index >= 15 is 0 Å². The first-order chi connectivity index (χ1) is 11.7. The Morgan fingerprint density at radius 2 is 1.68 bits per heavy atom. The van der Waals surface area contributed by atoms with Crippen LogP contribution in [0.3, 0.4) is 0 Å². The molecule has 2 amide bonds. The van der Waals surface area contributed by atoms with Gasteiger partial charge in [0.05, 0.1) is 27.2 Å². The second kappa shape index (κ2) is 7.21. The molecular weight excluding hydrogens is 324 g/mol. The van der Waals surface area contributed by atoms with Crippen LogP contribution in [0.25, 0.3) is 0 Å². The maximum Gasteiger partial charge on any atom is 0.229 e. The first-order valence-electron chi connectivity index (χ1n) is 8.12. The molecule has 1 N–H and O–H groups in total. The zero-order chi connectivity index (χ0) is 18.8. The van der Waals surface area contributed by atoms with Crippen LogP contribution in [0.1, 0.15) is 27.2 Å². The fourth-order valence-electron chi connectivity index (χ4n) is 2.93. The van der Waals surface area contributed by atoms with Crippen LogP contribution >= 0.6 is 0 Å². The van der Waals surface area contributed by atoms with E-state index in [1.165, 1.54) is 21.3 Å². The smallest absolute Gasteiger partial charge is 0.229 e. The molecule has 138 valence electrons. The zero-order valence-corrected chi connectivity index (χ0v) is 15.6. The highest BCUT2D eigenvalue weighted by molar-refractivity contribution is 5.97. The lowest BCUT2D eigenvalue weighted by Crippen LogP contribution is -2.42. The van der Waals surface area contributed by atoms with Crippen molar-refractivity contribution in [3.63, 3.8) is 0 Å². The average molecular weight is 350 g/mol. The van der Waals surface area contributed by atoms with Gasteiger partial charge in [0.1, 0.15) is 0 Å². The van der Waals surface area contributed by atoms with Gasteiger partial charge in [-0.05, 0) is 20.8 Å². The van der Waals surface area contributed by atoms with E-state index in [1.54, 1.807) is 17.0 Å². The molecule has 0 aliphatic carbocycles. The highest BCUT2D eigenvalue weighted by Crippen LogP contribution is 2.40. The van der Waals surface area contributed by atoms with Gasteiger partial charge in [-0.25, -0.2) is 0 Å². The minimum atomic E-state index is -0.384. The van der Waals surface area contributed by atoms with Crippen molar-refractivity contribution in [3.8, 4) is 17.2 Å². The summed E-state index contributed by atoms with van der Waals surface area (Å²) in [5, 5.41) is 2.84. The Morgan fingerprint density at radius 3 is 2.08 bits per heavy atom. The van der Waals surface area contributed by atoms with E-state index in [2.05, 4.69) is 5.32 Å². The van der Waals surface area contributed by atoms with Crippen LogP contribution in [0.4, 0.5) is 5.69 Å². The lowest BCUT2D eigenvalue weighted by Gasteiger charge is -2.31. The molecule has 1 aromatic rings. The van der Waals surface area contributed by atoms with Crippen molar-refractivity contribution in [2.45, 2.75) is 32.7 Å². The fraction of sp³-hybridized carbons (Fsp3) is 0.556. The standard InChI is InChI=1S/C18H26N2O5/c1-18(2,3)20-10-11(7-15(20)21)17(22)19-12-8-13(23-4)16(25-6)14(9-12)24-5/h8-9,11H,7,10H2,1-6H3,(H,19,22)/t11-/m1/s1. The van der Waals surface area contributed by atoms with E-state index in [0.717, 1.165) is 0 Å². The van der Waals surface area contributed by atoms with Gasteiger partial charge in [0, 0.05) is 36.3 Å². The van der Waals surface area contributed by atoms with Gasteiger partial charge in [-0.15, -0.1) is 0 Å². The van der Waals surface area contributed by atoms with Crippen molar-refractivity contribution in [1.29, 1.82) is 0 Å². The zero-order valence-electron chi connectivity index (χ0n) is 15.6. The van der Waals surface area contributed by atoms with Gasteiger partial charge in [0.2, 0.25) is 17.6 Å². The molecule has 1 fully saturated rings. The van der Waals surface area contributed by atoms with Crippen molar-refractivity contribution < 1.29 is 23.8 Å². The molecule has 1 heterocycles. The molecule has 25 heavy (non-hydrogen) atoms. The number of methoxy groups -OCH3 is 3. The lowest BCUT2D eigenvalue weighted by atomic mass is 10.1. The molecule has 1 atom stereocenters. The minimum absolute atomic E-state index is 0.00228. The summed E-state index contributed by atoms with van der Waals surface area (Å²) in [6.07, 6.45) is 0.216. The summed E-state index contributed by atoms with van der Waals surface area (Å²) in [7, 11) is 4.54. The Morgan fingerprint density at radius 1 is 1.12 bits per heavy atom. The SMILES string of the molecule is COc1cc(NC(=O)[C@@H]2CC(=O)N(C(C)(C)C)C2)cc(OC)c1OC. The molecule has 0 saturated carbocycles. The predicted molar refractivity (Wildman–Crippen MR) is 94.3 cm³/mol. The van der Waals surface area contributed by atoms with Gasteiger partial charge in [-0.3, -0.25) is 9.59 Å². The highest BCUT2D eigenvalue weighted by atomic mass is 16.5.